The van der Waals surface area contributed by atoms with E-state index in [1.54, 1.807) is 0 Å². The summed E-state index contributed by atoms with van der Waals surface area (Å²) in [7, 11) is 0. The Balaban J connectivity index is 1.94. The van der Waals surface area contributed by atoms with E-state index in [0.29, 0.717) is 30.6 Å². The number of hydrogen-bond donors (Lipinski definition) is 1. The molecule has 0 spiro atoms. The van der Waals surface area contributed by atoms with Crippen molar-refractivity contribution in [2.24, 2.45) is 28.6 Å². The first-order valence-electron chi connectivity index (χ1n) is 9.06. The van der Waals surface area contributed by atoms with Crippen molar-refractivity contribution in [1.82, 2.24) is 0 Å². The standard InChI is InChI=1S/C20H28N2O/c1-19(10-12-22)8-6-18-16(17(19)7-11-21)4-3-14-13-15(23)5-9-20(14,18)2/h3,15-18,23H,4-10,13H2,1-2H3/t15-,16-,17-,18-,19+,20-/m0/s1. The van der Waals surface area contributed by atoms with Gasteiger partial charge in [0.15, 0.2) is 0 Å². The summed E-state index contributed by atoms with van der Waals surface area (Å²) in [4.78, 5) is 0. The van der Waals surface area contributed by atoms with E-state index in [1.807, 2.05) is 0 Å². The SMILES string of the molecule is C[C@]1(CC#N)CC[C@H]2[C@@H](CC=C3C[C@@H](O)CC[C@@]32C)[C@@H]1CC#N. The highest BCUT2D eigenvalue weighted by molar-refractivity contribution is 5.25. The third-order valence-corrected chi connectivity index (χ3v) is 7.39. The van der Waals surface area contributed by atoms with E-state index < -0.39 is 0 Å². The Morgan fingerprint density at radius 3 is 2.70 bits per heavy atom. The second-order valence-electron chi connectivity index (χ2n) is 8.55. The van der Waals surface area contributed by atoms with Crippen molar-refractivity contribution < 1.29 is 5.11 Å². The summed E-state index contributed by atoms with van der Waals surface area (Å²) in [6, 6.07) is 4.78. The maximum absolute atomic E-state index is 10.0. The third-order valence-electron chi connectivity index (χ3n) is 7.39. The quantitative estimate of drug-likeness (QED) is 0.771. The van der Waals surface area contributed by atoms with Crippen LogP contribution in [-0.4, -0.2) is 11.2 Å². The molecule has 0 amide bonds. The van der Waals surface area contributed by atoms with Crippen molar-refractivity contribution in [2.75, 3.05) is 0 Å². The number of nitriles is 2. The topological polar surface area (TPSA) is 67.8 Å². The Bertz CT molecular complexity index is 583. The van der Waals surface area contributed by atoms with E-state index >= 15 is 0 Å². The molecule has 0 unspecified atom stereocenters. The van der Waals surface area contributed by atoms with Crippen LogP contribution in [-0.2, 0) is 0 Å². The molecule has 0 aromatic heterocycles. The summed E-state index contributed by atoms with van der Waals surface area (Å²) in [6.45, 7) is 4.61. The van der Waals surface area contributed by atoms with Crippen LogP contribution in [0, 0.1) is 51.2 Å². The third kappa shape index (κ3) is 2.60. The van der Waals surface area contributed by atoms with Gasteiger partial charge in [0.05, 0.1) is 18.2 Å². The molecule has 3 nitrogen and oxygen atoms in total. The van der Waals surface area contributed by atoms with Crippen LogP contribution in [0.5, 0.6) is 0 Å². The van der Waals surface area contributed by atoms with Crippen LogP contribution in [0.4, 0.5) is 0 Å². The minimum absolute atomic E-state index is 0.0124. The van der Waals surface area contributed by atoms with Gasteiger partial charge in [0.2, 0.25) is 0 Å². The Kier molecular flexibility index (Phi) is 4.28. The lowest BCUT2D eigenvalue weighted by molar-refractivity contribution is -0.0468. The van der Waals surface area contributed by atoms with Crippen molar-refractivity contribution in [3.63, 3.8) is 0 Å². The van der Waals surface area contributed by atoms with Gasteiger partial charge in [-0.25, -0.2) is 0 Å². The highest BCUT2D eigenvalue weighted by Crippen LogP contribution is 2.62. The van der Waals surface area contributed by atoms with Crippen molar-refractivity contribution in [3.05, 3.63) is 11.6 Å². The number of aliphatic hydroxyl groups is 1. The molecule has 0 heterocycles. The molecule has 0 bridgehead atoms. The normalized spacial score (nSPS) is 45.9. The van der Waals surface area contributed by atoms with E-state index in [9.17, 15) is 15.6 Å². The molecule has 2 saturated carbocycles. The molecule has 0 radical (unpaired) electrons. The van der Waals surface area contributed by atoms with Crippen LogP contribution >= 0.6 is 0 Å². The Labute approximate surface area is 140 Å². The van der Waals surface area contributed by atoms with Gasteiger partial charge in [0.1, 0.15) is 0 Å². The first-order chi connectivity index (χ1) is 10.9. The van der Waals surface area contributed by atoms with Crippen molar-refractivity contribution in [2.45, 2.75) is 71.3 Å². The number of allylic oxidation sites excluding steroid dienone is 1. The van der Waals surface area contributed by atoms with Crippen LogP contribution in [0.1, 0.15) is 65.2 Å². The molecular weight excluding hydrogens is 284 g/mol. The molecule has 3 aliphatic rings. The molecule has 124 valence electrons. The van der Waals surface area contributed by atoms with Crippen LogP contribution < -0.4 is 0 Å². The molecule has 0 aromatic rings. The lowest BCUT2D eigenvalue weighted by atomic mass is 9.47. The van der Waals surface area contributed by atoms with Gasteiger partial charge in [-0.2, -0.15) is 10.5 Å². The minimum Gasteiger partial charge on any atom is -0.393 e. The zero-order chi connectivity index (χ0) is 16.7. The predicted octanol–water partition coefficient (Wildman–Crippen LogP) is 4.34. The zero-order valence-electron chi connectivity index (χ0n) is 14.4. The van der Waals surface area contributed by atoms with Gasteiger partial charge >= 0.3 is 0 Å². The molecular formula is C20H28N2O. The zero-order valence-corrected chi connectivity index (χ0v) is 14.4. The summed E-state index contributed by atoms with van der Waals surface area (Å²) in [6.07, 6.45) is 9.36. The highest BCUT2D eigenvalue weighted by atomic mass is 16.3. The van der Waals surface area contributed by atoms with E-state index in [2.05, 4.69) is 32.1 Å². The number of fused-ring (bicyclic) bond motifs is 3. The van der Waals surface area contributed by atoms with Gasteiger partial charge in [-0.05, 0) is 67.1 Å². The predicted molar refractivity (Wildman–Crippen MR) is 88.9 cm³/mol. The Morgan fingerprint density at radius 2 is 2.00 bits per heavy atom. The monoisotopic (exact) mass is 312 g/mol. The Hall–Kier alpha value is -1.32. The van der Waals surface area contributed by atoms with Crippen molar-refractivity contribution in [1.29, 1.82) is 10.5 Å². The summed E-state index contributed by atoms with van der Waals surface area (Å²) >= 11 is 0. The smallest absolute Gasteiger partial charge is 0.0627 e. The van der Waals surface area contributed by atoms with Crippen molar-refractivity contribution in [3.8, 4) is 12.1 Å². The summed E-state index contributed by atoms with van der Waals surface area (Å²) < 4.78 is 0. The average molecular weight is 312 g/mol. The fraction of sp³-hybridized carbons (Fsp3) is 0.800. The van der Waals surface area contributed by atoms with Crippen LogP contribution in [0.3, 0.4) is 0 Å². The molecule has 0 aliphatic heterocycles. The van der Waals surface area contributed by atoms with E-state index in [1.165, 1.54) is 5.57 Å². The maximum atomic E-state index is 10.0. The van der Waals surface area contributed by atoms with E-state index in [4.69, 9.17) is 0 Å². The van der Waals surface area contributed by atoms with Gasteiger partial charge in [-0.3, -0.25) is 0 Å². The first kappa shape index (κ1) is 16.5. The number of aliphatic hydroxyl groups excluding tert-OH is 1. The number of rotatable bonds is 2. The number of nitrogens with zero attached hydrogens (tertiary/aromatic N) is 2. The van der Waals surface area contributed by atoms with Crippen LogP contribution in [0.25, 0.3) is 0 Å². The molecule has 3 heteroatoms. The Morgan fingerprint density at radius 1 is 1.22 bits per heavy atom. The molecule has 0 saturated heterocycles. The molecule has 1 N–H and O–H groups in total. The fourth-order valence-corrected chi connectivity index (χ4v) is 5.93. The molecule has 3 rings (SSSR count). The van der Waals surface area contributed by atoms with Gasteiger partial charge in [0.25, 0.3) is 0 Å². The average Bonchev–Trinajstić information content (AvgIpc) is 2.51. The van der Waals surface area contributed by atoms with E-state index in [-0.39, 0.29) is 16.9 Å². The largest absolute Gasteiger partial charge is 0.393 e. The minimum atomic E-state index is -0.173. The molecule has 23 heavy (non-hydrogen) atoms. The van der Waals surface area contributed by atoms with E-state index in [0.717, 1.165) is 38.5 Å². The number of hydrogen-bond acceptors (Lipinski definition) is 3. The van der Waals surface area contributed by atoms with Crippen LogP contribution in [0.15, 0.2) is 11.6 Å². The molecule has 3 aliphatic carbocycles. The lowest BCUT2D eigenvalue weighted by Gasteiger charge is -2.58. The second kappa shape index (κ2) is 5.95. The summed E-state index contributed by atoms with van der Waals surface area (Å²) in [5, 5.41) is 28.6. The second-order valence-corrected chi connectivity index (χ2v) is 8.55. The molecule has 0 aromatic carbocycles. The maximum Gasteiger partial charge on any atom is 0.0627 e. The summed E-state index contributed by atoms with van der Waals surface area (Å²) in [5.41, 5.74) is 1.64. The first-order valence-corrected chi connectivity index (χ1v) is 9.06. The highest BCUT2D eigenvalue weighted by Gasteiger charge is 2.54. The lowest BCUT2D eigenvalue weighted by Crippen LogP contribution is -2.50. The van der Waals surface area contributed by atoms with Crippen molar-refractivity contribution >= 4 is 0 Å². The van der Waals surface area contributed by atoms with Gasteiger partial charge < -0.3 is 5.11 Å². The summed E-state index contributed by atoms with van der Waals surface area (Å²) in [5.74, 6) is 1.46. The van der Waals surface area contributed by atoms with Crippen LogP contribution in [0.2, 0.25) is 0 Å². The van der Waals surface area contributed by atoms with Gasteiger partial charge in [0, 0.05) is 12.8 Å². The van der Waals surface area contributed by atoms with Gasteiger partial charge in [-0.1, -0.05) is 25.5 Å². The fourth-order valence-electron chi connectivity index (χ4n) is 5.93. The molecule has 2 fully saturated rings. The van der Waals surface area contributed by atoms with Gasteiger partial charge in [-0.15, -0.1) is 0 Å². The molecule has 6 atom stereocenters.